The summed E-state index contributed by atoms with van der Waals surface area (Å²) in [6, 6.07) is 19.9. The van der Waals surface area contributed by atoms with E-state index in [4.69, 9.17) is 9.53 Å². The molecule has 2 aromatic carbocycles. The predicted molar refractivity (Wildman–Crippen MR) is 116 cm³/mol. The predicted octanol–water partition coefficient (Wildman–Crippen LogP) is 4.09. The molecule has 0 aromatic heterocycles. The van der Waals surface area contributed by atoms with Gasteiger partial charge in [-0.15, -0.1) is 0 Å². The van der Waals surface area contributed by atoms with E-state index in [0.29, 0.717) is 12.8 Å². The van der Waals surface area contributed by atoms with Gasteiger partial charge in [0.05, 0.1) is 6.04 Å². The largest absolute Gasteiger partial charge is 0.465 e. The van der Waals surface area contributed by atoms with Gasteiger partial charge in [-0.25, -0.2) is 9.18 Å². The van der Waals surface area contributed by atoms with Gasteiger partial charge in [-0.2, -0.15) is 0 Å². The van der Waals surface area contributed by atoms with E-state index in [9.17, 15) is 9.18 Å². The third-order valence-electron chi connectivity index (χ3n) is 5.79. The van der Waals surface area contributed by atoms with Gasteiger partial charge in [0.1, 0.15) is 6.17 Å². The Morgan fingerprint density at radius 1 is 1.03 bits per heavy atom. The van der Waals surface area contributed by atoms with E-state index in [1.807, 2.05) is 36.4 Å². The first kappa shape index (κ1) is 21.5. The van der Waals surface area contributed by atoms with Crippen LogP contribution in [0.5, 0.6) is 0 Å². The van der Waals surface area contributed by atoms with Crippen molar-refractivity contribution in [2.75, 3.05) is 0 Å². The Morgan fingerprint density at radius 3 is 1.97 bits per heavy atom. The van der Waals surface area contributed by atoms with Crippen molar-refractivity contribution >= 4 is 24.8 Å². The van der Waals surface area contributed by atoms with Crippen molar-refractivity contribution in [3.63, 3.8) is 0 Å². The second kappa shape index (κ2) is 8.67. The molecule has 2 aromatic rings. The second-order valence-corrected chi connectivity index (χ2v) is 13.0. The Balaban J connectivity index is 1.98. The molecule has 0 aliphatic heterocycles. The number of alkyl halides is 1. The molecule has 2 N–H and O–H groups in total. The summed E-state index contributed by atoms with van der Waals surface area (Å²) in [5, 5.41) is 13.4. The summed E-state index contributed by atoms with van der Waals surface area (Å²) >= 11 is 0. The van der Waals surface area contributed by atoms with Gasteiger partial charge < -0.3 is 14.8 Å². The number of carboxylic acid groups (broad SMARTS) is 1. The van der Waals surface area contributed by atoms with Crippen molar-refractivity contribution in [1.82, 2.24) is 5.32 Å². The molecule has 1 fully saturated rings. The van der Waals surface area contributed by atoms with Crippen LogP contribution in [0.4, 0.5) is 9.18 Å². The Morgan fingerprint density at radius 2 is 1.55 bits per heavy atom. The molecule has 29 heavy (non-hydrogen) atoms. The average molecular weight is 416 g/mol. The average Bonchev–Trinajstić information content (AvgIpc) is 2.68. The zero-order valence-electron chi connectivity index (χ0n) is 17.3. The van der Waals surface area contributed by atoms with Gasteiger partial charge >= 0.3 is 6.09 Å². The van der Waals surface area contributed by atoms with Crippen LogP contribution in [0.25, 0.3) is 0 Å². The summed E-state index contributed by atoms with van der Waals surface area (Å²) < 4.78 is 21.7. The maximum absolute atomic E-state index is 14.7. The first-order valence-corrected chi connectivity index (χ1v) is 12.1. The van der Waals surface area contributed by atoms with Gasteiger partial charge in [-0.1, -0.05) is 81.4 Å². The Bertz CT molecular complexity index is 770. The van der Waals surface area contributed by atoms with Crippen LogP contribution < -0.4 is 15.7 Å². The minimum atomic E-state index is -2.72. The van der Waals surface area contributed by atoms with Crippen molar-refractivity contribution < 1.29 is 18.7 Å². The van der Waals surface area contributed by atoms with E-state index in [0.717, 1.165) is 0 Å². The molecule has 0 saturated heterocycles. The smallest absolute Gasteiger partial charge is 0.404 e. The first-order chi connectivity index (χ1) is 13.7. The molecule has 156 valence electrons. The summed E-state index contributed by atoms with van der Waals surface area (Å²) in [6.07, 6.45) is -1.39. The SMILES string of the molecule is CC(C)(C)[Si](O[C@@H]1CC[C@H](NC(=O)O)[C@@H](F)C1)(c1ccccc1)c1ccccc1. The normalized spacial score (nSPS) is 22.8. The van der Waals surface area contributed by atoms with Crippen molar-refractivity contribution in [2.45, 2.75) is 63.4 Å². The second-order valence-electron chi connectivity index (χ2n) is 8.79. The third kappa shape index (κ3) is 4.54. The molecule has 0 heterocycles. The van der Waals surface area contributed by atoms with Gasteiger partial charge in [0.15, 0.2) is 0 Å². The number of benzene rings is 2. The van der Waals surface area contributed by atoms with E-state index in [-0.39, 0.29) is 17.6 Å². The molecule has 0 bridgehead atoms. The highest BCUT2D eigenvalue weighted by Gasteiger charge is 2.52. The Kier molecular flexibility index (Phi) is 6.44. The van der Waals surface area contributed by atoms with Crippen molar-refractivity contribution in [2.24, 2.45) is 0 Å². The van der Waals surface area contributed by atoms with Crippen LogP contribution in [0.15, 0.2) is 60.7 Å². The van der Waals surface area contributed by atoms with E-state index in [2.05, 4.69) is 50.4 Å². The zero-order chi connectivity index (χ0) is 21.1. The van der Waals surface area contributed by atoms with E-state index < -0.39 is 26.6 Å². The molecule has 3 atom stereocenters. The van der Waals surface area contributed by atoms with Gasteiger partial charge in [0.25, 0.3) is 8.32 Å². The maximum Gasteiger partial charge on any atom is 0.404 e. The van der Waals surface area contributed by atoms with Gasteiger partial charge in [-0.05, 0) is 28.3 Å². The third-order valence-corrected chi connectivity index (χ3v) is 10.9. The van der Waals surface area contributed by atoms with Gasteiger partial charge in [0, 0.05) is 12.5 Å². The molecule has 0 spiro atoms. The van der Waals surface area contributed by atoms with E-state index >= 15 is 0 Å². The Hall–Kier alpha value is -2.18. The van der Waals surface area contributed by atoms with Crippen molar-refractivity contribution in [3.05, 3.63) is 60.7 Å². The fourth-order valence-corrected chi connectivity index (χ4v) is 9.18. The highest BCUT2D eigenvalue weighted by atomic mass is 28.4. The molecule has 0 unspecified atom stereocenters. The zero-order valence-corrected chi connectivity index (χ0v) is 18.3. The molecule has 0 radical (unpaired) electrons. The fraction of sp³-hybridized carbons (Fsp3) is 0.435. The molecular weight excluding hydrogens is 385 g/mol. The summed E-state index contributed by atoms with van der Waals surface area (Å²) in [5.41, 5.74) is 0. The Labute approximate surface area is 173 Å². The number of amides is 1. The molecular formula is C23H30FNO3Si. The number of nitrogens with one attached hydrogen (secondary N) is 1. The monoisotopic (exact) mass is 415 g/mol. The lowest BCUT2D eigenvalue weighted by atomic mass is 9.91. The number of halogens is 1. The number of carbonyl (C=O) groups is 1. The van der Waals surface area contributed by atoms with Crippen LogP contribution in [0.3, 0.4) is 0 Å². The summed E-state index contributed by atoms with van der Waals surface area (Å²) in [4.78, 5) is 10.9. The molecule has 6 heteroatoms. The minimum Gasteiger partial charge on any atom is -0.465 e. The van der Waals surface area contributed by atoms with Crippen LogP contribution >= 0.6 is 0 Å². The van der Waals surface area contributed by atoms with Crippen LogP contribution in [-0.4, -0.2) is 37.8 Å². The van der Waals surface area contributed by atoms with E-state index in [1.54, 1.807) is 0 Å². The molecule has 1 aliphatic rings. The van der Waals surface area contributed by atoms with Crippen LogP contribution in [0.2, 0.25) is 5.04 Å². The topological polar surface area (TPSA) is 58.6 Å². The maximum atomic E-state index is 14.7. The summed E-state index contributed by atoms with van der Waals surface area (Å²) in [7, 11) is -2.72. The lowest BCUT2D eigenvalue weighted by molar-refractivity contribution is 0.0709. The number of hydrogen-bond donors (Lipinski definition) is 2. The number of rotatable bonds is 5. The van der Waals surface area contributed by atoms with Crippen LogP contribution in [0.1, 0.15) is 40.0 Å². The standard InChI is InChI=1S/C23H30FNO3Si/c1-23(2,3)29(18-10-6-4-7-11-18,19-12-8-5-9-13-19)28-17-14-15-21(20(24)16-17)25-22(26)27/h4-13,17,20-21,25H,14-16H2,1-3H3,(H,26,27)/t17-,20+,21+/m1/s1. The molecule has 1 amide bonds. The minimum absolute atomic E-state index is 0.169. The molecule has 3 rings (SSSR count). The van der Waals surface area contributed by atoms with Crippen LogP contribution in [0, 0.1) is 0 Å². The highest BCUT2D eigenvalue weighted by Crippen LogP contribution is 2.39. The highest BCUT2D eigenvalue weighted by molar-refractivity contribution is 6.99. The lowest BCUT2D eigenvalue weighted by Crippen LogP contribution is -2.68. The fourth-order valence-electron chi connectivity index (χ4n) is 4.45. The van der Waals surface area contributed by atoms with Gasteiger partial charge in [-0.3, -0.25) is 0 Å². The number of hydrogen-bond acceptors (Lipinski definition) is 2. The first-order valence-electron chi connectivity index (χ1n) is 10.2. The summed E-state index contributed by atoms with van der Waals surface area (Å²) in [6.45, 7) is 6.59. The molecule has 4 nitrogen and oxygen atoms in total. The van der Waals surface area contributed by atoms with Crippen molar-refractivity contribution in [3.8, 4) is 0 Å². The van der Waals surface area contributed by atoms with E-state index in [1.165, 1.54) is 10.4 Å². The lowest BCUT2D eigenvalue weighted by Gasteiger charge is -2.46. The molecule has 1 saturated carbocycles. The quantitative estimate of drug-likeness (QED) is 0.723. The summed E-state index contributed by atoms with van der Waals surface area (Å²) in [5.74, 6) is 0. The molecule has 1 aliphatic carbocycles. The van der Waals surface area contributed by atoms with Gasteiger partial charge in [0.2, 0.25) is 0 Å². The van der Waals surface area contributed by atoms with Crippen LogP contribution in [-0.2, 0) is 4.43 Å². The van der Waals surface area contributed by atoms with Crippen molar-refractivity contribution in [1.29, 1.82) is 0 Å².